The summed E-state index contributed by atoms with van der Waals surface area (Å²) >= 11 is 0. The van der Waals surface area contributed by atoms with E-state index in [1.54, 1.807) is 54.2 Å². The maximum Gasteiger partial charge on any atom is 0.210 e. The molecule has 0 aliphatic rings. The van der Waals surface area contributed by atoms with Crippen molar-refractivity contribution in [3.05, 3.63) is 65.6 Å². The highest BCUT2D eigenvalue weighted by Crippen LogP contribution is 2.25. The highest BCUT2D eigenvalue weighted by Gasteiger charge is 2.22. The summed E-state index contributed by atoms with van der Waals surface area (Å²) in [6.45, 7) is 1.50. The van der Waals surface area contributed by atoms with Crippen molar-refractivity contribution in [1.29, 1.82) is 0 Å². The summed E-state index contributed by atoms with van der Waals surface area (Å²) in [6, 6.07) is 8.47. The van der Waals surface area contributed by atoms with E-state index >= 15 is 0 Å². The molecule has 2 heterocycles. The molecular formula is C23H27N3O6. The van der Waals surface area contributed by atoms with E-state index in [1.807, 2.05) is 0 Å². The van der Waals surface area contributed by atoms with Gasteiger partial charge in [-0.25, -0.2) is 4.98 Å². The molecule has 0 spiro atoms. The first kappa shape index (κ1) is 23.5. The second-order valence-corrected chi connectivity index (χ2v) is 7.33. The molecule has 2 atom stereocenters. The van der Waals surface area contributed by atoms with Gasteiger partial charge < -0.3 is 34.3 Å². The van der Waals surface area contributed by atoms with Gasteiger partial charge >= 0.3 is 0 Å². The van der Waals surface area contributed by atoms with Crippen LogP contribution in [0.25, 0.3) is 0 Å². The molecule has 2 aromatic heterocycles. The minimum absolute atomic E-state index is 0.0677. The average molecular weight is 441 g/mol. The zero-order valence-electron chi connectivity index (χ0n) is 17.8. The van der Waals surface area contributed by atoms with E-state index in [4.69, 9.17) is 19.5 Å². The summed E-state index contributed by atoms with van der Waals surface area (Å²) in [7, 11) is 0. The fraction of sp³-hybridized carbons (Fsp3) is 0.391. The van der Waals surface area contributed by atoms with Crippen LogP contribution in [0.5, 0.6) is 5.75 Å². The number of imidazole rings is 1. The smallest absolute Gasteiger partial charge is 0.210 e. The molecule has 9 nitrogen and oxygen atoms in total. The zero-order valence-corrected chi connectivity index (χ0v) is 17.8. The summed E-state index contributed by atoms with van der Waals surface area (Å²) in [5, 5.41) is 41.7. The molecule has 0 bridgehead atoms. The molecule has 32 heavy (non-hydrogen) atoms. The minimum atomic E-state index is -0.762. The molecule has 0 saturated heterocycles. The first-order valence-corrected chi connectivity index (χ1v) is 10.3. The van der Waals surface area contributed by atoms with E-state index in [0.717, 1.165) is 5.56 Å². The number of benzene rings is 1. The quantitative estimate of drug-likeness (QED) is 0.346. The molecule has 0 unspecified atom stereocenters. The average Bonchev–Trinajstić information content (AvgIpc) is 3.47. The summed E-state index contributed by atoms with van der Waals surface area (Å²) in [4.78, 5) is 4.18. The molecule has 1 aromatic carbocycles. The van der Waals surface area contributed by atoms with Crippen LogP contribution in [0.15, 0.2) is 47.2 Å². The predicted octanol–water partition coefficient (Wildman–Crippen LogP) is 1.28. The molecule has 4 N–H and O–H groups in total. The van der Waals surface area contributed by atoms with Gasteiger partial charge in [0.25, 0.3) is 0 Å². The van der Waals surface area contributed by atoms with Gasteiger partial charge in [0.15, 0.2) is 0 Å². The number of aliphatic hydroxyl groups is 4. The van der Waals surface area contributed by atoms with E-state index in [9.17, 15) is 10.2 Å². The fourth-order valence-corrected chi connectivity index (χ4v) is 3.11. The van der Waals surface area contributed by atoms with Gasteiger partial charge in [-0.1, -0.05) is 11.1 Å². The van der Waals surface area contributed by atoms with Crippen LogP contribution >= 0.6 is 0 Å². The van der Waals surface area contributed by atoms with Crippen molar-refractivity contribution >= 4 is 0 Å². The molecule has 170 valence electrons. The van der Waals surface area contributed by atoms with Crippen molar-refractivity contribution in [2.75, 3.05) is 26.4 Å². The van der Waals surface area contributed by atoms with E-state index in [1.165, 1.54) is 0 Å². The number of aliphatic hydroxyl groups excluding tert-OH is 4. The molecule has 3 rings (SSSR count). The third kappa shape index (κ3) is 5.96. The molecule has 0 saturated carbocycles. The van der Waals surface area contributed by atoms with Crippen LogP contribution in [0.4, 0.5) is 0 Å². The first-order valence-electron chi connectivity index (χ1n) is 10.3. The molecular weight excluding hydrogens is 414 g/mol. The van der Waals surface area contributed by atoms with Crippen LogP contribution in [0.3, 0.4) is 0 Å². The van der Waals surface area contributed by atoms with Crippen molar-refractivity contribution in [3.8, 4) is 17.6 Å². The van der Waals surface area contributed by atoms with E-state index in [-0.39, 0.29) is 38.4 Å². The molecule has 0 aliphatic heterocycles. The number of aromatic nitrogens is 3. The normalized spacial score (nSPS) is 12.9. The van der Waals surface area contributed by atoms with Gasteiger partial charge in [0.1, 0.15) is 23.4 Å². The number of nitrogens with zero attached hydrogens (tertiary/aromatic N) is 3. The lowest BCUT2D eigenvalue weighted by Gasteiger charge is -2.18. The van der Waals surface area contributed by atoms with Crippen LogP contribution in [-0.2, 0) is 0 Å². The van der Waals surface area contributed by atoms with Crippen molar-refractivity contribution < 1.29 is 29.7 Å². The Labute approximate surface area is 185 Å². The Hall–Kier alpha value is -3.16. The highest BCUT2D eigenvalue weighted by molar-refractivity contribution is 5.42. The highest BCUT2D eigenvalue weighted by atomic mass is 16.5. The standard InChI is InChI=1S/C23H27N3O6/c1-16(30)23-24-9-10-26(23)22(8-11-27)21-12-20(32-25-21)7-4-17-2-5-19(6-3-17)31-15-18(13-28)14-29/h2-3,5-6,9-10,12,16,18,22,27-30H,8,11,13-15H2,1H3/t16-,22-/m0/s1. The van der Waals surface area contributed by atoms with E-state index in [2.05, 4.69) is 22.0 Å². The molecule has 0 fully saturated rings. The Morgan fingerprint density at radius 2 is 1.88 bits per heavy atom. The zero-order chi connectivity index (χ0) is 22.9. The monoisotopic (exact) mass is 441 g/mol. The van der Waals surface area contributed by atoms with Gasteiger partial charge in [0.2, 0.25) is 5.76 Å². The van der Waals surface area contributed by atoms with E-state index in [0.29, 0.717) is 29.4 Å². The second kappa shape index (κ2) is 11.5. The lowest BCUT2D eigenvalue weighted by Crippen LogP contribution is -2.19. The minimum Gasteiger partial charge on any atom is -0.493 e. The van der Waals surface area contributed by atoms with Gasteiger partial charge in [-0.05, 0) is 43.5 Å². The van der Waals surface area contributed by atoms with Gasteiger partial charge in [0.05, 0.1) is 25.9 Å². The Bertz CT molecular complexity index is 1030. The Morgan fingerprint density at radius 3 is 2.53 bits per heavy atom. The lowest BCUT2D eigenvalue weighted by atomic mass is 10.1. The second-order valence-electron chi connectivity index (χ2n) is 7.33. The van der Waals surface area contributed by atoms with Crippen molar-refractivity contribution in [2.24, 2.45) is 5.92 Å². The van der Waals surface area contributed by atoms with Crippen LogP contribution in [0.1, 0.15) is 48.3 Å². The largest absolute Gasteiger partial charge is 0.493 e. The number of ether oxygens (including phenoxy) is 1. The van der Waals surface area contributed by atoms with Gasteiger partial charge in [-0.3, -0.25) is 0 Å². The predicted molar refractivity (Wildman–Crippen MR) is 115 cm³/mol. The van der Waals surface area contributed by atoms with Crippen LogP contribution in [0.2, 0.25) is 0 Å². The van der Waals surface area contributed by atoms with Crippen molar-refractivity contribution in [2.45, 2.75) is 25.5 Å². The Kier molecular flexibility index (Phi) is 8.41. The third-order valence-corrected chi connectivity index (χ3v) is 4.87. The molecule has 3 aromatic rings. The molecule has 0 radical (unpaired) electrons. The van der Waals surface area contributed by atoms with Crippen LogP contribution < -0.4 is 4.74 Å². The van der Waals surface area contributed by atoms with Crippen LogP contribution in [-0.4, -0.2) is 61.6 Å². The van der Waals surface area contributed by atoms with Crippen molar-refractivity contribution in [3.63, 3.8) is 0 Å². The Morgan fingerprint density at radius 1 is 1.12 bits per heavy atom. The fourth-order valence-electron chi connectivity index (χ4n) is 3.11. The van der Waals surface area contributed by atoms with Gasteiger partial charge in [-0.15, -0.1) is 0 Å². The lowest BCUT2D eigenvalue weighted by molar-refractivity contribution is 0.106. The van der Waals surface area contributed by atoms with E-state index < -0.39 is 6.10 Å². The maximum absolute atomic E-state index is 9.94. The molecule has 0 amide bonds. The number of rotatable bonds is 10. The first-order chi connectivity index (χ1) is 15.5. The molecule has 9 heteroatoms. The summed E-state index contributed by atoms with van der Waals surface area (Å²) < 4.78 is 12.7. The topological polar surface area (TPSA) is 134 Å². The Balaban J connectivity index is 1.70. The van der Waals surface area contributed by atoms with Gasteiger partial charge in [-0.2, -0.15) is 0 Å². The molecule has 0 aliphatic carbocycles. The van der Waals surface area contributed by atoms with Crippen molar-refractivity contribution in [1.82, 2.24) is 14.7 Å². The SMILES string of the molecule is C[C@H](O)c1nccn1[C@@H](CCO)c1cc(C#Cc2ccc(OCC(CO)CO)cc2)on1. The van der Waals surface area contributed by atoms with Crippen LogP contribution in [0, 0.1) is 17.8 Å². The maximum atomic E-state index is 9.94. The number of hydrogen-bond acceptors (Lipinski definition) is 8. The summed E-state index contributed by atoms with van der Waals surface area (Å²) in [6.07, 6.45) is 2.94. The third-order valence-electron chi connectivity index (χ3n) is 4.87. The summed E-state index contributed by atoms with van der Waals surface area (Å²) in [5.41, 5.74) is 1.32. The number of hydrogen-bond donors (Lipinski definition) is 4. The summed E-state index contributed by atoms with van der Waals surface area (Å²) in [5.74, 6) is 7.07. The van der Waals surface area contributed by atoms with Gasteiger partial charge in [0, 0.05) is 36.5 Å².